The summed E-state index contributed by atoms with van der Waals surface area (Å²) in [7, 11) is 1.33. The lowest BCUT2D eigenvalue weighted by Crippen LogP contribution is -2.30. The van der Waals surface area contributed by atoms with E-state index in [0.717, 1.165) is 6.08 Å². The van der Waals surface area contributed by atoms with Crippen LogP contribution >= 0.6 is 0 Å². The van der Waals surface area contributed by atoms with Crippen LogP contribution in [0.4, 0.5) is 23.7 Å². The molecule has 33 heavy (non-hydrogen) atoms. The van der Waals surface area contributed by atoms with E-state index in [0.29, 0.717) is 28.4 Å². The fourth-order valence-corrected chi connectivity index (χ4v) is 3.27. The number of ether oxygens (including phenoxy) is 2. The van der Waals surface area contributed by atoms with Gasteiger partial charge in [-0.05, 0) is 36.8 Å². The maximum atomic E-state index is 13.0. The molecule has 0 atom stereocenters. The van der Waals surface area contributed by atoms with Gasteiger partial charge in [-0.3, -0.25) is 4.98 Å². The largest absolute Gasteiger partial charge is 0.499 e. The second kappa shape index (κ2) is 8.73. The number of fused-ring (bicyclic) bond motifs is 1. The SMILES string of the molecule is COC1=C(NC(=O)Nc2ccc(Oc3ccnc4[nH]c(=O)[nH]c34)cc2)C=C(C(F)(F)F)CC1. The van der Waals surface area contributed by atoms with Gasteiger partial charge >= 0.3 is 17.9 Å². The van der Waals surface area contributed by atoms with Crippen molar-refractivity contribution in [1.82, 2.24) is 20.3 Å². The Labute approximate surface area is 184 Å². The van der Waals surface area contributed by atoms with Crippen LogP contribution in [0.2, 0.25) is 0 Å². The first-order valence-corrected chi connectivity index (χ1v) is 9.71. The van der Waals surface area contributed by atoms with E-state index >= 15 is 0 Å². The third-order valence-corrected chi connectivity index (χ3v) is 4.82. The van der Waals surface area contributed by atoms with Crippen LogP contribution in [0, 0.1) is 0 Å². The van der Waals surface area contributed by atoms with Crippen LogP contribution in [0.1, 0.15) is 12.8 Å². The van der Waals surface area contributed by atoms with Gasteiger partial charge in [-0.2, -0.15) is 13.2 Å². The molecule has 2 heterocycles. The number of carbonyl (C=O) groups is 1. The first kappa shape index (κ1) is 22.0. The quantitative estimate of drug-likeness (QED) is 0.451. The molecule has 2 aromatic heterocycles. The van der Waals surface area contributed by atoms with Gasteiger partial charge in [-0.15, -0.1) is 0 Å². The molecule has 0 unspecified atom stereocenters. The highest BCUT2D eigenvalue weighted by molar-refractivity contribution is 5.91. The molecule has 1 aromatic carbocycles. The third kappa shape index (κ3) is 5.00. The van der Waals surface area contributed by atoms with E-state index in [9.17, 15) is 22.8 Å². The fraction of sp³-hybridized carbons (Fsp3) is 0.190. The Morgan fingerprint density at radius 3 is 2.55 bits per heavy atom. The molecule has 0 radical (unpaired) electrons. The number of pyridine rings is 1. The number of hydrogen-bond donors (Lipinski definition) is 4. The van der Waals surface area contributed by atoms with Crippen molar-refractivity contribution in [2.45, 2.75) is 19.0 Å². The Bertz CT molecular complexity index is 1310. The Kier molecular flexibility index (Phi) is 5.82. The number of benzene rings is 1. The van der Waals surface area contributed by atoms with Crippen molar-refractivity contribution < 1.29 is 27.4 Å². The summed E-state index contributed by atoms with van der Waals surface area (Å²) in [5.41, 5.74) is -0.0660. The Hall–Kier alpha value is -4.22. The predicted molar refractivity (Wildman–Crippen MR) is 113 cm³/mol. The van der Waals surface area contributed by atoms with Crippen molar-refractivity contribution in [3.8, 4) is 11.5 Å². The summed E-state index contributed by atoms with van der Waals surface area (Å²) < 4.78 is 49.9. The number of allylic oxidation sites excluding steroid dienone is 3. The number of nitrogens with zero attached hydrogens (tertiary/aromatic N) is 1. The van der Waals surface area contributed by atoms with Crippen molar-refractivity contribution in [3.05, 3.63) is 70.1 Å². The molecule has 2 amide bonds. The summed E-state index contributed by atoms with van der Waals surface area (Å²) in [5.74, 6) is 1.05. The summed E-state index contributed by atoms with van der Waals surface area (Å²) in [4.78, 5) is 32.9. The number of aromatic amines is 2. The number of imidazole rings is 1. The molecule has 0 aliphatic heterocycles. The van der Waals surface area contributed by atoms with E-state index in [4.69, 9.17) is 9.47 Å². The standard InChI is InChI=1S/C21H18F3N5O4/c1-32-15-7-2-11(21(22,23)24)10-14(15)27-19(30)26-12-3-5-13(6-4-12)33-16-8-9-25-18-17(16)28-20(31)29-18/h3-6,8-10H,2,7H2,1H3,(H2,26,27,30)(H2,25,28,29,31). The van der Waals surface area contributed by atoms with Gasteiger partial charge in [-0.1, -0.05) is 0 Å². The lowest BCUT2D eigenvalue weighted by molar-refractivity contribution is -0.0945. The predicted octanol–water partition coefficient (Wildman–Crippen LogP) is 4.31. The summed E-state index contributed by atoms with van der Waals surface area (Å²) in [6, 6.07) is 7.12. The van der Waals surface area contributed by atoms with Crippen molar-refractivity contribution in [1.29, 1.82) is 0 Å². The van der Waals surface area contributed by atoms with E-state index in [1.807, 2.05) is 0 Å². The summed E-state index contributed by atoms with van der Waals surface area (Å²) >= 11 is 0. The lowest BCUT2D eigenvalue weighted by Gasteiger charge is -2.21. The molecule has 0 spiro atoms. The highest BCUT2D eigenvalue weighted by Gasteiger charge is 2.35. The minimum absolute atomic E-state index is 0.0260. The number of anilines is 1. The summed E-state index contributed by atoms with van der Waals surface area (Å²) in [5, 5.41) is 4.94. The molecule has 0 fully saturated rings. The van der Waals surface area contributed by atoms with Crippen molar-refractivity contribution in [2.75, 3.05) is 12.4 Å². The zero-order valence-corrected chi connectivity index (χ0v) is 17.2. The second-order valence-electron chi connectivity index (χ2n) is 7.03. The van der Waals surface area contributed by atoms with Gasteiger partial charge in [0.2, 0.25) is 0 Å². The van der Waals surface area contributed by atoms with E-state index in [2.05, 4.69) is 25.6 Å². The molecule has 172 valence electrons. The van der Waals surface area contributed by atoms with E-state index in [-0.39, 0.29) is 24.3 Å². The van der Waals surface area contributed by atoms with E-state index in [1.165, 1.54) is 13.3 Å². The number of hydrogen-bond acceptors (Lipinski definition) is 5. The van der Waals surface area contributed by atoms with Crippen LogP contribution in [-0.2, 0) is 4.74 Å². The Morgan fingerprint density at radius 2 is 1.85 bits per heavy atom. The minimum Gasteiger partial charge on any atom is -0.499 e. The first-order valence-electron chi connectivity index (χ1n) is 9.71. The normalized spacial score (nSPS) is 14.1. The van der Waals surface area contributed by atoms with Gasteiger partial charge in [0.05, 0.1) is 12.8 Å². The van der Waals surface area contributed by atoms with Gasteiger partial charge in [0.15, 0.2) is 11.4 Å². The van der Waals surface area contributed by atoms with Crippen LogP contribution in [-0.4, -0.2) is 34.3 Å². The van der Waals surface area contributed by atoms with Crippen LogP contribution in [0.25, 0.3) is 11.2 Å². The number of carbonyl (C=O) groups excluding carboxylic acids is 1. The highest BCUT2D eigenvalue weighted by atomic mass is 19.4. The molecular formula is C21H18F3N5O4. The van der Waals surface area contributed by atoms with E-state index in [1.54, 1.807) is 30.3 Å². The number of alkyl halides is 3. The summed E-state index contributed by atoms with van der Waals surface area (Å²) in [6.45, 7) is 0. The zero-order valence-electron chi connectivity index (χ0n) is 17.2. The molecule has 4 rings (SSSR count). The minimum atomic E-state index is -4.48. The molecule has 3 aromatic rings. The third-order valence-electron chi connectivity index (χ3n) is 4.82. The van der Waals surface area contributed by atoms with Crippen LogP contribution in [0.3, 0.4) is 0 Å². The molecule has 12 heteroatoms. The lowest BCUT2D eigenvalue weighted by atomic mass is 10.0. The monoisotopic (exact) mass is 461 g/mol. The molecule has 0 saturated carbocycles. The fourth-order valence-electron chi connectivity index (χ4n) is 3.27. The first-order chi connectivity index (χ1) is 15.7. The molecular weight excluding hydrogens is 443 g/mol. The van der Waals surface area contributed by atoms with E-state index < -0.39 is 23.5 Å². The van der Waals surface area contributed by atoms with Crippen molar-refractivity contribution in [2.24, 2.45) is 0 Å². The zero-order chi connectivity index (χ0) is 23.6. The number of H-pyrrole nitrogens is 2. The number of aromatic nitrogens is 3. The number of urea groups is 1. The number of methoxy groups -OCH3 is 1. The van der Waals surface area contributed by atoms with Gasteiger partial charge in [0.1, 0.15) is 17.0 Å². The molecule has 1 aliphatic carbocycles. The van der Waals surface area contributed by atoms with Gasteiger partial charge < -0.3 is 25.1 Å². The number of halogens is 3. The average molecular weight is 461 g/mol. The number of nitrogens with one attached hydrogen (secondary N) is 4. The van der Waals surface area contributed by atoms with Gasteiger partial charge in [-0.25, -0.2) is 14.6 Å². The van der Waals surface area contributed by atoms with Crippen LogP contribution in [0.5, 0.6) is 11.5 Å². The molecule has 1 aliphatic rings. The smallest absolute Gasteiger partial charge is 0.412 e. The Balaban J connectivity index is 1.43. The highest BCUT2D eigenvalue weighted by Crippen LogP contribution is 2.35. The maximum absolute atomic E-state index is 13.0. The maximum Gasteiger partial charge on any atom is 0.412 e. The van der Waals surface area contributed by atoms with Gasteiger partial charge in [0.25, 0.3) is 0 Å². The molecule has 9 nitrogen and oxygen atoms in total. The topological polar surface area (TPSA) is 121 Å². The molecule has 0 saturated heterocycles. The van der Waals surface area contributed by atoms with Crippen LogP contribution in [0.15, 0.2) is 64.4 Å². The van der Waals surface area contributed by atoms with Crippen LogP contribution < -0.4 is 21.1 Å². The number of rotatable bonds is 5. The Morgan fingerprint density at radius 1 is 1.09 bits per heavy atom. The van der Waals surface area contributed by atoms with Crippen molar-refractivity contribution in [3.63, 3.8) is 0 Å². The molecule has 4 N–H and O–H groups in total. The average Bonchev–Trinajstić information content (AvgIpc) is 3.15. The second-order valence-corrected chi connectivity index (χ2v) is 7.03. The van der Waals surface area contributed by atoms with Crippen molar-refractivity contribution >= 4 is 22.9 Å². The summed E-state index contributed by atoms with van der Waals surface area (Å²) in [6.07, 6.45) is -2.32. The number of amides is 2. The van der Waals surface area contributed by atoms with Gasteiger partial charge in [0, 0.05) is 29.9 Å². The molecule has 0 bridgehead atoms.